The van der Waals surface area contributed by atoms with Crippen LogP contribution in [0.25, 0.3) is 0 Å². The van der Waals surface area contributed by atoms with Crippen LogP contribution in [-0.4, -0.2) is 18.5 Å². The van der Waals surface area contributed by atoms with Crippen molar-refractivity contribution in [2.45, 2.75) is 50.2 Å². The number of amides is 1. The first kappa shape index (κ1) is 16.8. The number of rotatable bonds is 4. The van der Waals surface area contributed by atoms with Gasteiger partial charge in [0, 0.05) is 12.0 Å². The van der Waals surface area contributed by atoms with Gasteiger partial charge in [0.25, 0.3) is 0 Å². The summed E-state index contributed by atoms with van der Waals surface area (Å²) in [6.07, 6.45) is -0.916. The molecule has 0 aliphatic heterocycles. The summed E-state index contributed by atoms with van der Waals surface area (Å²) in [5, 5.41) is 2.78. The Morgan fingerprint density at radius 3 is 2.55 bits per heavy atom. The van der Waals surface area contributed by atoms with E-state index in [0.29, 0.717) is 12.1 Å². The summed E-state index contributed by atoms with van der Waals surface area (Å²) < 4.78 is 38.7. The van der Waals surface area contributed by atoms with Gasteiger partial charge < -0.3 is 11.1 Å². The maximum absolute atomic E-state index is 12.9. The zero-order valence-corrected chi connectivity index (χ0v) is 12.5. The van der Waals surface area contributed by atoms with E-state index in [9.17, 15) is 18.0 Å². The van der Waals surface area contributed by atoms with Gasteiger partial charge in [0.2, 0.25) is 5.91 Å². The molecule has 3 N–H and O–H groups in total. The van der Waals surface area contributed by atoms with Crippen molar-refractivity contribution >= 4 is 5.91 Å². The minimum absolute atomic E-state index is 0.279. The zero-order valence-electron chi connectivity index (χ0n) is 12.5. The molecule has 1 fully saturated rings. The molecule has 1 atom stereocenters. The molecule has 1 aromatic carbocycles. The van der Waals surface area contributed by atoms with Crippen LogP contribution >= 0.6 is 0 Å². The van der Waals surface area contributed by atoms with Crippen molar-refractivity contribution in [3.05, 3.63) is 35.4 Å². The minimum atomic E-state index is -4.36. The van der Waals surface area contributed by atoms with Gasteiger partial charge in [0.15, 0.2) is 0 Å². The average Bonchev–Trinajstić information content (AvgIpc) is 2.94. The molecule has 2 rings (SSSR count). The summed E-state index contributed by atoms with van der Waals surface area (Å²) >= 11 is 0. The van der Waals surface area contributed by atoms with E-state index in [4.69, 9.17) is 5.73 Å². The molecular formula is C16H21F3N2O. The van der Waals surface area contributed by atoms with Crippen LogP contribution in [-0.2, 0) is 16.4 Å². The van der Waals surface area contributed by atoms with E-state index in [1.807, 2.05) is 0 Å². The van der Waals surface area contributed by atoms with E-state index in [-0.39, 0.29) is 5.91 Å². The predicted molar refractivity (Wildman–Crippen MR) is 78.2 cm³/mol. The molecule has 1 amide bonds. The number of alkyl halides is 3. The molecule has 0 heterocycles. The molecule has 0 unspecified atom stereocenters. The van der Waals surface area contributed by atoms with Gasteiger partial charge in [-0.05, 0) is 31.4 Å². The van der Waals surface area contributed by atoms with Crippen LogP contribution in [0.4, 0.5) is 13.2 Å². The van der Waals surface area contributed by atoms with Crippen molar-refractivity contribution < 1.29 is 18.0 Å². The summed E-state index contributed by atoms with van der Waals surface area (Å²) in [6, 6.07) is 4.82. The molecule has 0 spiro atoms. The van der Waals surface area contributed by atoms with Crippen molar-refractivity contribution in [3.8, 4) is 0 Å². The molecule has 22 heavy (non-hydrogen) atoms. The molecule has 1 saturated carbocycles. The molecule has 0 aromatic heterocycles. The summed E-state index contributed by atoms with van der Waals surface area (Å²) in [6.45, 7) is 1.91. The third kappa shape index (κ3) is 3.61. The summed E-state index contributed by atoms with van der Waals surface area (Å²) in [4.78, 5) is 11.7. The molecule has 1 aromatic rings. The molecular weight excluding hydrogens is 293 g/mol. The van der Waals surface area contributed by atoms with Crippen LogP contribution in [0, 0.1) is 0 Å². The van der Waals surface area contributed by atoms with Crippen LogP contribution < -0.4 is 11.1 Å². The van der Waals surface area contributed by atoms with Crippen molar-refractivity contribution in [2.75, 3.05) is 6.54 Å². The van der Waals surface area contributed by atoms with Gasteiger partial charge >= 0.3 is 6.18 Å². The standard InChI is InChI=1S/C16H21F3N2O/c1-11(20)14(22)21-10-15(7-2-3-8-15)12-5-4-6-13(9-12)16(17,18)19/h4-6,9,11H,2-3,7-8,10,20H2,1H3,(H,21,22)/t11-/m0/s1. The number of carbonyl (C=O) groups excluding carboxylic acids is 1. The minimum Gasteiger partial charge on any atom is -0.354 e. The maximum atomic E-state index is 12.9. The zero-order chi connectivity index (χ0) is 16.4. The largest absolute Gasteiger partial charge is 0.416 e. The third-order valence-electron chi connectivity index (χ3n) is 4.38. The summed E-state index contributed by atoms with van der Waals surface area (Å²) in [7, 11) is 0. The highest BCUT2D eigenvalue weighted by Crippen LogP contribution is 2.42. The molecule has 1 aliphatic carbocycles. The number of carbonyl (C=O) groups is 1. The predicted octanol–water partition coefficient (Wildman–Crippen LogP) is 2.98. The lowest BCUT2D eigenvalue weighted by molar-refractivity contribution is -0.137. The Balaban J connectivity index is 2.26. The van der Waals surface area contributed by atoms with Gasteiger partial charge in [-0.15, -0.1) is 0 Å². The Morgan fingerprint density at radius 1 is 1.36 bits per heavy atom. The van der Waals surface area contributed by atoms with E-state index in [0.717, 1.165) is 31.7 Å². The second-order valence-electron chi connectivity index (χ2n) is 6.07. The molecule has 0 radical (unpaired) electrons. The van der Waals surface area contributed by atoms with E-state index in [1.54, 1.807) is 13.0 Å². The second kappa shape index (κ2) is 6.28. The van der Waals surface area contributed by atoms with E-state index >= 15 is 0 Å². The number of nitrogens with two attached hydrogens (primary N) is 1. The number of hydrogen-bond donors (Lipinski definition) is 2. The highest BCUT2D eigenvalue weighted by Gasteiger charge is 2.38. The van der Waals surface area contributed by atoms with Gasteiger partial charge in [-0.2, -0.15) is 13.2 Å². The van der Waals surface area contributed by atoms with Gasteiger partial charge in [0.1, 0.15) is 0 Å². The quantitative estimate of drug-likeness (QED) is 0.897. The van der Waals surface area contributed by atoms with Crippen molar-refractivity contribution in [2.24, 2.45) is 5.73 Å². The van der Waals surface area contributed by atoms with Crippen LogP contribution in [0.2, 0.25) is 0 Å². The monoisotopic (exact) mass is 314 g/mol. The summed E-state index contributed by atoms with van der Waals surface area (Å²) in [5.41, 5.74) is 5.10. The maximum Gasteiger partial charge on any atom is 0.416 e. The Kier molecular flexibility index (Phi) is 4.80. The first-order valence-corrected chi connectivity index (χ1v) is 7.46. The first-order valence-electron chi connectivity index (χ1n) is 7.46. The van der Waals surface area contributed by atoms with Gasteiger partial charge in [0.05, 0.1) is 11.6 Å². The molecule has 0 bridgehead atoms. The van der Waals surface area contributed by atoms with E-state index in [2.05, 4.69) is 5.32 Å². The van der Waals surface area contributed by atoms with Crippen molar-refractivity contribution in [3.63, 3.8) is 0 Å². The number of nitrogens with one attached hydrogen (secondary N) is 1. The van der Waals surface area contributed by atoms with Crippen LogP contribution in [0.15, 0.2) is 24.3 Å². The molecule has 3 nitrogen and oxygen atoms in total. The van der Waals surface area contributed by atoms with Gasteiger partial charge in [-0.1, -0.05) is 31.0 Å². The molecule has 1 aliphatic rings. The Morgan fingerprint density at radius 2 is 2.00 bits per heavy atom. The van der Waals surface area contributed by atoms with Gasteiger partial charge in [-0.25, -0.2) is 0 Å². The smallest absolute Gasteiger partial charge is 0.354 e. The first-order chi connectivity index (χ1) is 10.2. The Labute approximate surface area is 128 Å². The fraction of sp³-hybridized carbons (Fsp3) is 0.562. The topological polar surface area (TPSA) is 55.1 Å². The van der Waals surface area contributed by atoms with Crippen LogP contribution in [0.3, 0.4) is 0 Å². The van der Waals surface area contributed by atoms with Crippen LogP contribution in [0.1, 0.15) is 43.7 Å². The lowest BCUT2D eigenvalue weighted by Crippen LogP contribution is -2.45. The average molecular weight is 314 g/mol. The SMILES string of the molecule is C[C@H](N)C(=O)NCC1(c2cccc(C(F)(F)F)c2)CCCC1. The van der Waals surface area contributed by atoms with Gasteiger partial charge in [-0.3, -0.25) is 4.79 Å². The normalized spacial score (nSPS) is 19.0. The van der Waals surface area contributed by atoms with E-state index in [1.165, 1.54) is 12.1 Å². The lowest BCUT2D eigenvalue weighted by Gasteiger charge is -2.31. The number of benzene rings is 1. The van der Waals surface area contributed by atoms with Crippen molar-refractivity contribution in [1.29, 1.82) is 0 Å². The highest BCUT2D eigenvalue weighted by atomic mass is 19.4. The lowest BCUT2D eigenvalue weighted by atomic mass is 9.78. The molecule has 122 valence electrons. The number of halogens is 3. The Bertz CT molecular complexity index is 534. The second-order valence-corrected chi connectivity index (χ2v) is 6.07. The fourth-order valence-corrected chi connectivity index (χ4v) is 3.06. The van der Waals surface area contributed by atoms with E-state index < -0.39 is 23.2 Å². The third-order valence-corrected chi connectivity index (χ3v) is 4.38. The van der Waals surface area contributed by atoms with Crippen molar-refractivity contribution in [1.82, 2.24) is 5.32 Å². The molecule has 0 saturated heterocycles. The number of hydrogen-bond acceptors (Lipinski definition) is 2. The Hall–Kier alpha value is -1.56. The molecule has 6 heteroatoms. The highest BCUT2D eigenvalue weighted by molar-refractivity contribution is 5.81. The van der Waals surface area contributed by atoms with Crippen LogP contribution in [0.5, 0.6) is 0 Å². The summed E-state index contributed by atoms with van der Waals surface area (Å²) in [5.74, 6) is -0.279. The fourth-order valence-electron chi connectivity index (χ4n) is 3.06.